The van der Waals surface area contributed by atoms with Gasteiger partial charge in [-0.3, -0.25) is 4.79 Å². The van der Waals surface area contributed by atoms with E-state index in [4.69, 9.17) is 9.47 Å². The lowest BCUT2D eigenvalue weighted by Gasteiger charge is -2.29. The minimum Gasteiger partial charge on any atom is -0.486 e. The van der Waals surface area contributed by atoms with Gasteiger partial charge in [-0.1, -0.05) is 23.8 Å². The van der Waals surface area contributed by atoms with Crippen molar-refractivity contribution in [2.75, 3.05) is 23.8 Å². The van der Waals surface area contributed by atoms with E-state index >= 15 is 0 Å². The van der Waals surface area contributed by atoms with Crippen LogP contribution in [0.4, 0.5) is 11.6 Å². The SMILES string of the molecule is CC1=C(C(=O)Nc2ccc(C)cc2)C(c2ccc3c(c2)OCCO3)n2ncnc2N1. The first-order valence-corrected chi connectivity index (χ1v) is 9.75. The normalized spacial score (nSPS) is 17.2. The lowest BCUT2D eigenvalue weighted by molar-refractivity contribution is -0.113. The lowest BCUT2D eigenvalue weighted by atomic mass is 9.94. The number of nitrogens with zero attached hydrogens (tertiary/aromatic N) is 3. The zero-order valence-electron chi connectivity index (χ0n) is 16.7. The molecule has 0 aliphatic carbocycles. The van der Waals surface area contributed by atoms with Crippen molar-refractivity contribution in [3.05, 3.63) is 71.2 Å². The Morgan fingerprint density at radius 1 is 1.10 bits per heavy atom. The predicted octanol–water partition coefficient (Wildman–Crippen LogP) is 3.29. The lowest BCUT2D eigenvalue weighted by Crippen LogP contribution is -2.31. The molecule has 0 bridgehead atoms. The molecule has 0 saturated carbocycles. The number of benzene rings is 2. The largest absolute Gasteiger partial charge is 0.486 e. The third-order valence-corrected chi connectivity index (χ3v) is 5.23. The second kappa shape index (κ2) is 7.22. The molecule has 2 aromatic carbocycles. The summed E-state index contributed by atoms with van der Waals surface area (Å²) in [6.07, 6.45) is 1.47. The fourth-order valence-corrected chi connectivity index (χ4v) is 3.76. The molecule has 152 valence electrons. The van der Waals surface area contributed by atoms with E-state index in [1.165, 1.54) is 6.33 Å². The average Bonchev–Trinajstić information content (AvgIpc) is 3.22. The van der Waals surface area contributed by atoms with E-state index in [1.807, 2.05) is 56.3 Å². The molecule has 1 aromatic heterocycles. The molecule has 8 nitrogen and oxygen atoms in total. The van der Waals surface area contributed by atoms with Crippen LogP contribution in [0.25, 0.3) is 0 Å². The molecule has 0 saturated heterocycles. The van der Waals surface area contributed by atoms with Gasteiger partial charge in [0.15, 0.2) is 11.5 Å². The number of carbonyl (C=O) groups excluding carboxylic acids is 1. The molecule has 1 amide bonds. The topological polar surface area (TPSA) is 90.3 Å². The molecule has 2 N–H and O–H groups in total. The van der Waals surface area contributed by atoms with Gasteiger partial charge in [0, 0.05) is 11.4 Å². The number of allylic oxidation sites excluding steroid dienone is 1. The molecule has 3 aromatic rings. The van der Waals surface area contributed by atoms with Gasteiger partial charge < -0.3 is 20.1 Å². The number of anilines is 2. The number of nitrogens with one attached hydrogen (secondary N) is 2. The van der Waals surface area contributed by atoms with Gasteiger partial charge in [-0.25, -0.2) is 4.68 Å². The summed E-state index contributed by atoms with van der Waals surface area (Å²) in [4.78, 5) is 17.6. The smallest absolute Gasteiger partial charge is 0.255 e. The number of aromatic nitrogens is 3. The van der Waals surface area contributed by atoms with E-state index in [0.717, 1.165) is 22.5 Å². The highest BCUT2D eigenvalue weighted by Gasteiger charge is 2.34. The Labute approximate surface area is 173 Å². The van der Waals surface area contributed by atoms with Crippen LogP contribution < -0.4 is 20.1 Å². The average molecular weight is 403 g/mol. The van der Waals surface area contributed by atoms with Gasteiger partial charge >= 0.3 is 0 Å². The summed E-state index contributed by atoms with van der Waals surface area (Å²) in [5.74, 6) is 1.74. The van der Waals surface area contributed by atoms with Crippen LogP contribution in [0, 0.1) is 6.92 Å². The van der Waals surface area contributed by atoms with Gasteiger partial charge in [0.2, 0.25) is 5.95 Å². The highest BCUT2D eigenvalue weighted by Crippen LogP contribution is 2.39. The Morgan fingerprint density at radius 3 is 2.67 bits per heavy atom. The van der Waals surface area contributed by atoms with Crippen molar-refractivity contribution < 1.29 is 14.3 Å². The quantitative estimate of drug-likeness (QED) is 0.698. The summed E-state index contributed by atoms with van der Waals surface area (Å²) in [7, 11) is 0. The van der Waals surface area contributed by atoms with Crippen molar-refractivity contribution >= 4 is 17.5 Å². The number of amides is 1. The number of carbonyl (C=O) groups is 1. The van der Waals surface area contributed by atoms with E-state index in [2.05, 4.69) is 20.7 Å². The highest BCUT2D eigenvalue weighted by atomic mass is 16.6. The Hall–Kier alpha value is -3.81. The number of hydrogen-bond acceptors (Lipinski definition) is 6. The maximum atomic E-state index is 13.3. The second-order valence-corrected chi connectivity index (χ2v) is 7.32. The Kier molecular flexibility index (Phi) is 4.39. The molecule has 1 unspecified atom stereocenters. The van der Waals surface area contributed by atoms with Crippen molar-refractivity contribution in [1.29, 1.82) is 0 Å². The van der Waals surface area contributed by atoms with E-state index in [-0.39, 0.29) is 5.91 Å². The number of ether oxygens (including phenoxy) is 2. The van der Waals surface area contributed by atoms with Crippen LogP contribution in [0.2, 0.25) is 0 Å². The second-order valence-electron chi connectivity index (χ2n) is 7.32. The van der Waals surface area contributed by atoms with Gasteiger partial charge in [-0.15, -0.1) is 0 Å². The van der Waals surface area contributed by atoms with Crippen LogP contribution in [-0.2, 0) is 4.79 Å². The van der Waals surface area contributed by atoms with Crippen LogP contribution in [0.1, 0.15) is 24.1 Å². The van der Waals surface area contributed by atoms with Crippen molar-refractivity contribution in [2.45, 2.75) is 19.9 Å². The monoisotopic (exact) mass is 403 g/mol. The summed E-state index contributed by atoms with van der Waals surface area (Å²) in [5.41, 5.74) is 4.01. The number of fused-ring (bicyclic) bond motifs is 2. The van der Waals surface area contributed by atoms with Crippen molar-refractivity contribution in [2.24, 2.45) is 0 Å². The number of rotatable bonds is 3. The molecular weight excluding hydrogens is 382 g/mol. The van der Waals surface area contributed by atoms with E-state index in [9.17, 15) is 4.79 Å². The van der Waals surface area contributed by atoms with Gasteiger partial charge in [0.1, 0.15) is 25.6 Å². The minimum atomic E-state index is -0.454. The van der Waals surface area contributed by atoms with Gasteiger partial charge in [-0.05, 0) is 43.7 Å². The molecule has 0 radical (unpaired) electrons. The zero-order chi connectivity index (χ0) is 20.7. The predicted molar refractivity (Wildman–Crippen MR) is 112 cm³/mol. The fraction of sp³-hybridized carbons (Fsp3) is 0.227. The molecule has 5 rings (SSSR count). The summed E-state index contributed by atoms with van der Waals surface area (Å²) in [6, 6.07) is 13.0. The molecule has 30 heavy (non-hydrogen) atoms. The third kappa shape index (κ3) is 3.16. The first-order chi connectivity index (χ1) is 14.6. The molecule has 2 aliphatic heterocycles. The van der Waals surface area contributed by atoms with E-state index in [0.29, 0.717) is 36.2 Å². The Balaban J connectivity index is 1.55. The standard InChI is InChI=1S/C22H21N5O3/c1-13-3-6-16(7-4-13)26-21(28)19-14(2)25-22-23-12-24-27(22)20(19)15-5-8-17-18(11-15)30-10-9-29-17/h3-8,11-12,20H,9-10H2,1-2H3,(H,26,28)(H,23,24,25). The van der Waals surface area contributed by atoms with Gasteiger partial charge in [0.25, 0.3) is 5.91 Å². The molecular formula is C22H21N5O3. The molecule has 8 heteroatoms. The molecule has 2 aliphatic rings. The number of hydrogen-bond donors (Lipinski definition) is 2. The van der Waals surface area contributed by atoms with Gasteiger partial charge in [-0.2, -0.15) is 10.1 Å². The van der Waals surface area contributed by atoms with E-state index < -0.39 is 6.04 Å². The van der Waals surface area contributed by atoms with Crippen LogP contribution in [0.5, 0.6) is 11.5 Å². The Bertz CT molecular complexity index is 1150. The highest BCUT2D eigenvalue weighted by molar-refractivity contribution is 6.06. The maximum absolute atomic E-state index is 13.3. The van der Waals surface area contributed by atoms with Gasteiger partial charge in [0.05, 0.1) is 5.57 Å². The Morgan fingerprint density at radius 2 is 1.87 bits per heavy atom. The third-order valence-electron chi connectivity index (χ3n) is 5.23. The van der Waals surface area contributed by atoms with Crippen LogP contribution >= 0.6 is 0 Å². The van der Waals surface area contributed by atoms with Crippen LogP contribution in [0.15, 0.2) is 60.1 Å². The van der Waals surface area contributed by atoms with Crippen molar-refractivity contribution in [3.8, 4) is 11.5 Å². The summed E-state index contributed by atoms with van der Waals surface area (Å²) in [5, 5.41) is 10.5. The number of aryl methyl sites for hydroxylation is 1. The molecule has 0 fully saturated rings. The maximum Gasteiger partial charge on any atom is 0.255 e. The van der Waals surface area contributed by atoms with Crippen molar-refractivity contribution in [1.82, 2.24) is 14.8 Å². The first-order valence-electron chi connectivity index (χ1n) is 9.75. The summed E-state index contributed by atoms with van der Waals surface area (Å²) < 4.78 is 13.1. The minimum absolute atomic E-state index is 0.204. The van der Waals surface area contributed by atoms with Crippen LogP contribution in [-0.4, -0.2) is 33.9 Å². The van der Waals surface area contributed by atoms with E-state index in [1.54, 1.807) is 4.68 Å². The summed E-state index contributed by atoms with van der Waals surface area (Å²) >= 11 is 0. The molecule has 3 heterocycles. The zero-order valence-corrected chi connectivity index (χ0v) is 16.7. The van der Waals surface area contributed by atoms with Crippen molar-refractivity contribution in [3.63, 3.8) is 0 Å². The van der Waals surface area contributed by atoms with Crippen LogP contribution in [0.3, 0.4) is 0 Å². The first kappa shape index (κ1) is 18.2. The molecule has 1 atom stereocenters. The molecule has 0 spiro atoms. The fourth-order valence-electron chi connectivity index (χ4n) is 3.76. The summed E-state index contributed by atoms with van der Waals surface area (Å²) in [6.45, 7) is 4.89.